The lowest BCUT2D eigenvalue weighted by Crippen LogP contribution is -1.92. The average Bonchev–Trinajstić information content (AvgIpc) is 3.18. The van der Waals surface area contributed by atoms with E-state index in [4.69, 9.17) is 9.51 Å². The van der Waals surface area contributed by atoms with E-state index in [1.165, 1.54) is 0 Å². The second kappa shape index (κ2) is 6.02. The predicted octanol–water partition coefficient (Wildman–Crippen LogP) is 5.33. The summed E-state index contributed by atoms with van der Waals surface area (Å²) in [4.78, 5) is 8.38. The number of rotatable bonds is 3. The van der Waals surface area contributed by atoms with Gasteiger partial charge < -0.3 is 14.6 Å². The van der Waals surface area contributed by atoms with Gasteiger partial charge in [-0.25, -0.2) is 4.98 Å². The lowest BCUT2D eigenvalue weighted by molar-refractivity contribution is 0.393. The van der Waals surface area contributed by atoms with E-state index in [9.17, 15) is 5.11 Å². The van der Waals surface area contributed by atoms with Crippen LogP contribution in [0.5, 0.6) is 5.75 Å². The first kappa shape index (κ1) is 16.4. The fourth-order valence-corrected chi connectivity index (χ4v) is 3.32. The second-order valence-corrected chi connectivity index (χ2v) is 6.91. The summed E-state index contributed by atoms with van der Waals surface area (Å²) in [6.07, 6.45) is 0. The Bertz CT molecular complexity index is 1090. The van der Waals surface area contributed by atoms with Crippen molar-refractivity contribution >= 4 is 10.9 Å². The number of phenols is 1. The van der Waals surface area contributed by atoms with Crippen molar-refractivity contribution in [1.82, 2.24) is 15.1 Å². The number of nitrogens with zero attached hydrogens (tertiary/aromatic N) is 2. The molecule has 0 aliphatic heterocycles. The Balaban J connectivity index is 2.06. The Morgan fingerprint density at radius 2 is 1.88 bits per heavy atom. The first-order valence-electron chi connectivity index (χ1n) is 8.71. The van der Waals surface area contributed by atoms with Crippen LogP contribution in [0.25, 0.3) is 33.4 Å². The largest absolute Gasteiger partial charge is 0.507 e. The van der Waals surface area contributed by atoms with Gasteiger partial charge in [0.2, 0.25) is 0 Å². The molecule has 4 aromatic rings. The zero-order chi connectivity index (χ0) is 18.4. The Hall–Kier alpha value is -3.08. The highest BCUT2D eigenvalue weighted by atomic mass is 16.5. The maximum Gasteiger partial charge on any atom is 0.143 e. The zero-order valence-corrected chi connectivity index (χ0v) is 15.3. The van der Waals surface area contributed by atoms with E-state index >= 15 is 0 Å². The molecular formula is C21H21N3O2. The maximum absolute atomic E-state index is 10.4. The topological polar surface area (TPSA) is 74.9 Å². The molecule has 0 saturated carbocycles. The van der Waals surface area contributed by atoms with Crippen molar-refractivity contribution in [2.24, 2.45) is 0 Å². The van der Waals surface area contributed by atoms with Gasteiger partial charge in [-0.15, -0.1) is 0 Å². The SMILES string of the molecule is Cc1noc(C)c1-c1cc2[nH]c(C(C)C)cc2c(-c2ccccc2O)n1. The molecule has 0 bridgehead atoms. The summed E-state index contributed by atoms with van der Waals surface area (Å²) in [5.74, 6) is 1.31. The Labute approximate surface area is 151 Å². The van der Waals surface area contributed by atoms with Crippen molar-refractivity contribution in [3.63, 3.8) is 0 Å². The van der Waals surface area contributed by atoms with Gasteiger partial charge in [-0.1, -0.05) is 31.1 Å². The van der Waals surface area contributed by atoms with Gasteiger partial charge in [0, 0.05) is 22.2 Å². The minimum Gasteiger partial charge on any atom is -0.507 e. The minimum atomic E-state index is 0.213. The summed E-state index contributed by atoms with van der Waals surface area (Å²) in [6.45, 7) is 8.08. The fourth-order valence-electron chi connectivity index (χ4n) is 3.32. The standard InChI is InChI=1S/C21H21N3O2/c1-11(2)16-9-15-17(22-16)10-18(20-12(3)24-26-13(20)4)23-21(15)14-7-5-6-8-19(14)25/h5-11,22,25H,1-4H3. The van der Waals surface area contributed by atoms with E-state index in [1.54, 1.807) is 6.07 Å². The van der Waals surface area contributed by atoms with Crippen molar-refractivity contribution in [2.75, 3.05) is 0 Å². The normalized spacial score (nSPS) is 11.6. The molecule has 5 nitrogen and oxygen atoms in total. The van der Waals surface area contributed by atoms with Crippen LogP contribution in [0.3, 0.4) is 0 Å². The number of hydrogen-bond donors (Lipinski definition) is 2. The molecule has 3 heterocycles. The predicted molar refractivity (Wildman–Crippen MR) is 102 cm³/mol. The molecule has 0 amide bonds. The number of fused-ring (bicyclic) bond motifs is 1. The third-order valence-corrected chi connectivity index (χ3v) is 4.71. The van der Waals surface area contributed by atoms with Gasteiger partial charge in [-0.2, -0.15) is 0 Å². The number of aromatic hydroxyl groups is 1. The van der Waals surface area contributed by atoms with Gasteiger partial charge in [0.1, 0.15) is 11.5 Å². The molecule has 5 heteroatoms. The molecule has 0 unspecified atom stereocenters. The molecule has 0 saturated heterocycles. The van der Waals surface area contributed by atoms with E-state index in [-0.39, 0.29) is 5.75 Å². The number of H-pyrrole nitrogens is 1. The summed E-state index contributed by atoms with van der Waals surface area (Å²) < 4.78 is 5.32. The van der Waals surface area contributed by atoms with Gasteiger partial charge in [-0.3, -0.25) is 0 Å². The Kier molecular flexibility index (Phi) is 3.80. The quantitative estimate of drug-likeness (QED) is 0.525. The summed E-state index contributed by atoms with van der Waals surface area (Å²) in [7, 11) is 0. The van der Waals surface area contributed by atoms with Crippen LogP contribution in [0.15, 0.2) is 40.9 Å². The number of pyridine rings is 1. The van der Waals surface area contributed by atoms with Crippen molar-refractivity contribution in [3.8, 4) is 28.3 Å². The summed E-state index contributed by atoms with van der Waals surface area (Å²) in [6, 6.07) is 11.4. The van der Waals surface area contributed by atoms with Crippen LogP contribution in [0, 0.1) is 13.8 Å². The monoisotopic (exact) mass is 347 g/mol. The van der Waals surface area contributed by atoms with E-state index < -0.39 is 0 Å². The van der Waals surface area contributed by atoms with Crippen LogP contribution in [-0.2, 0) is 0 Å². The summed E-state index contributed by atoms with van der Waals surface area (Å²) in [5, 5.41) is 15.4. The molecule has 0 radical (unpaired) electrons. The van der Waals surface area contributed by atoms with Crippen LogP contribution >= 0.6 is 0 Å². The zero-order valence-electron chi connectivity index (χ0n) is 15.3. The van der Waals surface area contributed by atoms with Gasteiger partial charge in [0.25, 0.3) is 0 Å². The molecule has 2 N–H and O–H groups in total. The van der Waals surface area contributed by atoms with Crippen LogP contribution in [-0.4, -0.2) is 20.2 Å². The Morgan fingerprint density at radius 3 is 2.54 bits per heavy atom. The first-order valence-corrected chi connectivity index (χ1v) is 8.71. The lowest BCUT2D eigenvalue weighted by atomic mass is 10.0. The van der Waals surface area contributed by atoms with Gasteiger partial charge in [-0.05, 0) is 44.0 Å². The number of hydrogen-bond acceptors (Lipinski definition) is 4. The highest BCUT2D eigenvalue weighted by Gasteiger charge is 2.19. The van der Waals surface area contributed by atoms with Gasteiger partial charge in [0.15, 0.2) is 0 Å². The van der Waals surface area contributed by atoms with Crippen LogP contribution in [0.4, 0.5) is 0 Å². The molecule has 4 rings (SSSR count). The number of nitrogens with one attached hydrogen (secondary N) is 1. The van der Waals surface area contributed by atoms with Crippen LogP contribution < -0.4 is 0 Å². The van der Waals surface area contributed by atoms with Crippen molar-refractivity contribution in [3.05, 3.63) is 53.5 Å². The smallest absolute Gasteiger partial charge is 0.143 e. The van der Waals surface area contributed by atoms with E-state index in [0.29, 0.717) is 11.5 Å². The third kappa shape index (κ3) is 2.56. The number of aromatic amines is 1. The van der Waals surface area contributed by atoms with Gasteiger partial charge >= 0.3 is 0 Å². The van der Waals surface area contributed by atoms with Crippen molar-refractivity contribution < 1.29 is 9.63 Å². The highest BCUT2D eigenvalue weighted by molar-refractivity contribution is 5.97. The minimum absolute atomic E-state index is 0.213. The molecule has 0 atom stereocenters. The summed E-state index contributed by atoms with van der Waals surface area (Å²) in [5.41, 5.74) is 6.05. The number of phenolic OH excluding ortho intramolecular Hbond substituents is 1. The maximum atomic E-state index is 10.4. The Morgan fingerprint density at radius 1 is 1.12 bits per heavy atom. The van der Waals surface area contributed by atoms with Crippen molar-refractivity contribution in [1.29, 1.82) is 0 Å². The van der Waals surface area contributed by atoms with Crippen molar-refractivity contribution in [2.45, 2.75) is 33.6 Å². The molecule has 26 heavy (non-hydrogen) atoms. The number of aryl methyl sites for hydroxylation is 2. The average molecular weight is 347 g/mol. The molecule has 0 aliphatic carbocycles. The molecule has 0 spiro atoms. The molecule has 132 valence electrons. The number of benzene rings is 1. The van der Waals surface area contributed by atoms with E-state index in [0.717, 1.165) is 45.0 Å². The molecule has 0 fully saturated rings. The van der Waals surface area contributed by atoms with Gasteiger partial charge in [0.05, 0.1) is 22.6 Å². The molecule has 1 aromatic carbocycles. The lowest BCUT2D eigenvalue weighted by Gasteiger charge is -2.08. The highest BCUT2D eigenvalue weighted by Crippen LogP contribution is 2.37. The molecule has 0 aliphatic rings. The number of aromatic nitrogens is 3. The molecule has 3 aromatic heterocycles. The van der Waals surface area contributed by atoms with E-state index in [1.807, 2.05) is 38.1 Å². The van der Waals surface area contributed by atoms with Crippen LogP contribution in [0.2, 0.25) is 0 Å². The fraction of sp³-hybridized carbons (Fsp3) is 0.238. The van der Waals surface area contributed by atoms with E-state index in [2.05, 4.69) is 30.1 Å². The first-order chi connectivity index (χ1) is 12.5. The summed E-state index contributed by atoms with van der Waals surface area (Å²) >= 11 is 0. The van der Waals surface area contributed by atoms with Crippen LogP contribution in [0.1, 0.15) is 36.9 Å². The number of para-hydroxylation sites is 1. The second-order valence-electron chi connectivity index (χ2n) is 6.91. The third-order valence-electron chi connectivity index (χ3n) is 4.71. The molecular weight excluding hydrogens is 326 g/mol.